The van der Waals surface area contributed by atoms with E-state index in [2.05, 4.69) is 24.8 Å². The molecule has 0 N–H and O–H groups in total. The molecule has 10 heavy (non-hydrogen) atoms. The van der Waals surface area contributed by atoms with Crippen LogP contribution in [0.25, 0.3) is 0 Å². The topological polar surface area (TPSA) is 0 Å². The molecule has 2 heteroatoms. The van der Waals surface area contributed by atoms with Crippen molar-refractivity contribution in [2.45, 2.75) is 25.4 Å². The van der Waals surface area contributed by atoms with Crippen LogP contribution in [0.3, 0.4) is 0 Å². The fourth-order valence-electron chi connectivity index (χ4n) is 1.03. The molecular weight excluding hydrogens is 215 g/mol. The van der Waals surface area contributed by atoms with Crippen molar-refractivity contribution >= 4 is 5.43 Å². The third kappa shape index (κ3) is 3.12. The van der Waals surface area contributed by atoms with Gasteiger partial charge in [0.1, 0.15) is 0 Å². The van der Waals surface area contributed by atoms with E-state index < -0.39 is 0 Å². The number of hydrogen-bond acceptors (Lipinski definition) is 0. The van der Waals surface area contributed by atoms with Crippen LogP contribution in [0.1, 0.15) is 12.8 Å². The van der Waals surface area contributed by atoms with Crippen LogP contribution in [0.2, 0.25) is 12.6 Å². The van der Waals surface area contributed by atoms with Crippen LogP contribution < -0.4 is 0 Å². The average molecular weight is 227 g/mol. The van der Waals surface area contributed by atoms with Gasteiger partial charge in [-0.3, -0.25) is 0 Å². The molecule has 0 amide bonds. The number of allylic oxidation sites excluding steroid dienone is 4. The fraction of sp³-hybridized carbons (Fsp3) is 0.500. The second kappa shape index (κ2) is 4.46. The minimum absolute atomic E-state index is 0.0997. The SMILES string of the molecule is C[Si](=[Zr+2])CCC1=CC=CC1. The molecule has 0 bridgehead atoms. The standard InChI is InChI=1S/C8H12Si.Zr/c1-9-7-6-8-4-2-3-5-8;/h2-4H,5-7H2,1H3;/q;+2. The van der Waals surface area contributed by atoms with E-state index in [1.165, 1.54) is 18.9 Å². The molecule has 0 spiro atoms. The summed E-state index contributed by atoms with van der Waals surface area (Å²) in [4.78, 5) is 0. The molecule has 0 fully saturated rings. The normalized spacial score (nSPS) is 15.7. The predicted molar refractivity (Wildman–Crippen MR) is 42.9 cm³/mol. The molecule has 0 saturated carbocycles. The van der Waals surface area contributed by atoms with Gasteiger partial charge in [-0.2, -0.15) is 0 Å². The van der Waals surface area contributed by atoms with Crippen molar-refractivity contribution in [2.75, 3.05) is 0 Å². The Morgan fingerprint density at radius 3 is 3.00 bits per heavy atom. The van der Waals surface area contributed by atoms with Gasteiger partial charge in [0.05, 0.1) is 0 Å². The Morgan fingerprint density at radius 1 is 1.70 bits per heavy atom. The summed E-state index contributed by atoms with van der Waals surface area (Å²) >= 11 is 1.78. The van der Waals surface area contributed by atoms with Gasteiger partial charge < -0.3 is 0 Å². The summed E-state index contributed by atoms with van der Waals surface area (Å²) in [6.45, 7) is 2.42. The van der Waals surface area contributed by atoms with Crippen molar-refractivity contribution in [3.8, 4) is 0 Å². The van der Waals surface area contributed by atoms with E-state index in [0.717, 1.165) is 0 Å². The van der Waals surface area contributed by atoms with E-state index in [1.54, 1.807) is 28.9 Å². The van der Waals surface area contributed by atoms with Crippen molar-refractivity contribution < 1.29 is 23.3 Å². The van der Waals surface area contributed by atoms with Crippen molar-refractivity contribution in [1.82, 2.24) is 0 Å². The van der Waals surface area contributed by atoms with Crippen LogP contribution >= 0.6 is 0 Å². The summed E-state index contributed by atoms with van der Waals surface area (Å²) in [6.07, 6.45) is 9.30. The predicted octanol–water partition coefficient (Wildman–Crippen LogP) is 2.43. The van der Waals surface area contributed by atoms with Crippen molar-refractivity contribution in [2.24, 2.45) is 0 Å². The monoisotopic (exact) mass is 226 g/mol. The Kier molecular flexibility index (Phi) is 3.87. The third-order valence-corrected chi connectivity index (χ3v) is 4.51. The molecule has 0 aliphatic heterocycles. The quantitative estimate of drug-likeness (QED) is 0.650. The first-order valence-corrected chi connectivity index (χ1v) is 9.57. The second-order valence-corrected chi connectivity index (χ2v) is 11.1. The van der Waals surface area contributed by atoms with Crippen molar-refractivity contribution in [3.05, 3.63) is 23.8 Å². The Hall–Kier alpha value is 0.580. The van der Waals surface area contributed by atoms with Gasteiger partial charge in [-0.15, -0.1) is 0 Å². The summed E-state index contributed by atoms with van der Waals surface area (Å²) in [6, 6.07) is 1.48. The number of rotatable bonds is 3. The van der Waals surface area contributed by atoms with Gasteiger partial charge in [0.15, 0.2) is 0 Å². The third-order valence-electron chi connectivity index (χ3n) is 1.67. The van der Waals surface area contributed by atoms with Crippen LogP contribution in [0.4, 0.5) is 0 Å². The van der Waals surface area contributed by atoms with E-state index in [-0.39, 0.29) is 5.43 Å². The first-order valence-electron chi connectivity index (χ1n) is 3.67. The molecule has 0 aromatic rings. The van der Waals surface area contributed by atoms with Crippen LogP contribution in [0.15, 0.2) is 23.8 Å². The van der Waals surface area contributed by atoms with Crippen LogP contribution in [0, 0.1) is 0 Å². The average Bonchev–Trinajstić information content (AvgIpc) is 2.34. The summed E-state index contributed by atoms with van der Waals surface area (Å²) in [7, 11) is 0. The maximum atomic E-state index is 2.42. The van der Waals surface area contributed by atoms with Gasteiger partial charge in [0, 0.05) is 0 Å². The molecule has 50 valence electrons. The van der Waals surface area contributed by atoms with E-state index in [0.29, 0.717) is 0 Å². The molecule has 0 heterocycles. The Balaban J connectivity index is 2.21. The van der Waals surface area contributed by atoms with Gasteiger partial charge >= 0.3 is 78.0 Å². The molecular formula is C8H12SiZr+2. The van der Waals surface area contributed by atoms with Gasteiger partial charge in [-0.1, -0.05) is 0 Å². The summed E-state index contributed by atoms with van der Waals surface area (Å²) < 4.78 is 0. The summed E-state index contributed by atoms with van der Waals surface area (Å²) in [5.41, 5.74) is 1.74. The molecule has 0 aromatic carbocycles. The zero-order valence-electron chi connectivity index (χ0n) is 6.35. The summed E-state index contributed by atoms with van der Waals surface area (Å²) in [5.74, 6) is 0. The maximum absolute atomic E-state index is 2.42. The van der Waals surface area contributed by atoms with E-state index >= 15 is 0 Å². The molecule has 0 aromatic heterocycles. The van der Waals surface area contributed by atoms with Gasteiger partial charge in [0.2, 0.25) is 0 Å². The summed E-state index contributed by atoms with van der Waals surface area (Å²) in [5, 5.41) is 0. The minimum atomic E-state index is 0.0997. The molecule has 1 aliphatic carbocycles. The van der Waals surface area contributed by atoms with Gasteiger partial charge in [0.25, 0.3) is 0 Å². The fourth-order valence-corrected chi connectivity index (χ4v) is 2.64. The van der Waals surface area contributed by atoms with E-state index in [1.807, 2.05) is 0 Å². The van der Waals surface area contributed by atoms with Crippen LogP contribution in [-0.2, 0) is 23.3 Å². The molecule has 0 atom stereocenters. The van der Waals surface area contributed by atoms with Crippen LogP contribution in [0.5, 0.6) is 0 Å². The van der Waals surface area contributed by atoms with Gasteiger partial charge in [-0.25, -0.2) is 0 Å². The first kappa shape index (κ1) is 8.67. The zero-order chi connectivity index (χ0) is 7.40. The molecule has 0 unspecified atom stereocenters. The number of hydrogen-bond donors (Lipinski definition) is 0. The second-order valence-electron chi connectivity index (χ2n) is 2.74. The molecule has 1 aliphatic rings. The Morgan fingerprint density at radius 2 is 2.50 bits per heavy atom. The Labute approximate surface area is 77.8 Å². The zero-order valence-corrected chi connectivity index (χ0v) is 9.81. The van der Waals surface area contributed by atoms with Crippen molar-refractivity contribution in [1.29, 1.82) is 0 Å². The molecule has 0 nitrogen and oxygen atoms in total. The first-order chi connectivity index (χ1) is 4.79. The molecule has 1 rings (SSSR count). The molecule has 0 saturated heterocycles. The molecule has 0 radical (unpaired) electrons. The van der Waals surface area contributed by atoms with Gasteiger partial charge in [-0.05, 0) is 0 Å². The van der Waals surface area contributed by atoms with E-state index in [4.69, 9.17) is 0 Å². The van der Waals surface area contributed by atoms with Crippen molar-refractivity contribution in [3.63, 3.8) is 0 Å². The van der Waals surface area contributed by atoms with Crippen LogP contribution in [-0.4, -0.2) is 5.43 Å². The Bertz CT molecular complexity index is 191. The van der Waals surface area contributed by atoms with E-state index in [9.17, 15) is 0 Å².